The first-order valence-electron chi connectivity index (χ1n) is 17.8. The molecule has 0 fully saturated rings. The van der Waals surface area contributed by atoms with Crippen molar-refractivity contribution >= 4 is 33.3 Å². The molecule has 242 valence electrons. The zero-order valence-electron chi connectivity index (χ0n) is 28.2. The first-order chi connectivity index (χ1) is 25.3. The van der Waals surface area contributed by atoms with Crippen molar-refractivity contribution in [1.29, 1.82) is 0 Å². The Morgan fingerprint density at radius 2 is 1.06 bits per heavy atom. The van der Waals surface area contributed by atoms with Crippen molar-refractivity contribution in [3.8, 4) is 22.3 Å². The van der Waals surface area contributed by atoms with Gasteiger partial charge in [0.25, 0.3) is 0 Å². The molecule has 1 heterocycles. The number of rotatable bonds is 6. The van der Waals surface area contributed by atoms with Crippen LogP contribution in [0.25, 0.3) is 44.2 Å². The van der Waals surface area contributed by atoms with Crippen LogP contribution in [0.5, 0.6) is 0 Å². The Morgan fingerprint density at radius 1 is 0.471 bits per heavy atom. The molecule has 7 aromatic carbocycles. The zero-order chi connectivity index (χ0) is 33.8. The molecule has 8 aromatic rings. The van der Waals surface area contributed by atoms with Crippen LogP contribution in [0.2, 0.25) is 0 Å². The van der Waals surface area contributed by atoms with Gasteiger partial charge in [-0.2, -0.15) is 0 Å². The average Bonchev–Trinajstić information content (AvgIpc) is 3.73. The molecule has 2 nitrogen and oxygen atoms in total. The smallest absolute Gasteiger partial charge is 0.135 e. The third kappa shape index (κ3) is 4.64. The fraction of sp³-hybridized carbons (Fsp3) is 0.0612. The van der Waals surface area contributed by atoms with Crippen LogP contribution in [0.4, 0.5) is 11.4 Å². The Labute approximate surface area is 298 Å². The molecular weight excluding hydrogens is 619 g/mol. The van der Waals surface area contributed by atoms with Gasteiger partial charge in [0.05, 0.1) is 5.41 Å². The number of allylic oxidation sites excluding steroid dienone is 3. The van der Waals surface area contributed by atoms with Crippen LogP contribution in [-0.4, -0.2) is 0 Å². The van der Waals surface area contributed by atoms with Crippen LogP contribution in [0.3, 0.4) is 0 Å². The normalized spacial score (nSPS) is 14.3. The highest BCUT2D eigenvalue weighted by molar-refractivity contribution is 6.05. The third-order valence-corrected chi connectivity index (χ3v) is 10.8. The van der Waals surface area contributed by atoms with E-state index < -0.39 is 5.41 Å². The fourth-order valence-electron chi connectivity index (χ4n) is 8.49. The van der Waals surface area contributed by atoms with Crippen molar-refractivity contribution in [2.75, 3.05) is 4.90 Å². The molecule has 2 aliphatic rings. The molecule has 0 atom stereocenters. The second-order valence-corrected chi connectivity index (χ2v) is 13.6. The minimum Gasteiger partial charge on any atom is -0.456 e. The average molecular weight is 654 g/mol. The molecule has 0 bridgehead atoms. The maximum Gasteiger partial charge on any atom is 0.135 e. The van der Waals surface area contributed by atoms with Crippen molar-refractivity contribution in [2.24, 2.45) is 0 Å². The molecule has 0 aliphatic heterocycles. The summed E-state index contributed by atoms with van der Waals surface area (Å²) < 4.78 is 6.49. The standard InChI is InChI=1S/C49H35NO/c1-3-13-34(14-4-1)35-23-28-39(29-24-35)50(38-15-5-2-6-16-38)40-30-25-36(26-31-40)49(45-20-10-7-17-41(45)42-18-8-11-21-46(42)49)37-27-32-44-43-19-9-12-22-47(43)51-48(44)33-37/h1,3-5,7-33H,2,6H2. The molecule has 0 amide bonds. The molecule has 0 saturated heterocycles. The van der Waals surface area contributed by atoms with Crippen molar-refractivity contribution in [2.45, 2.75) is 18.3 Å². The maximum absolute atomic E-state index is 6.49. The van der Waals surface area contributed by atoms with E-state index in [2.05, 4.69) is 187 Å². The Hall–Kier alpha value is -6.38. The second kappa shape index (κ2) is 11.9. The van der Waals surface area contributed by atoms with E-state index in [0.717, 1.165) is 46.2 Å². The summed E-state index contributed by atoms with van der Waals surface area (Å²) in [5.41, 5.74) is 14.8. The number of benzene rings is 7. The summed E-state index contributed by atoms with van der Waals surface area (Å²) in [6.45, 7) is 0. The van der Waals surface area contributed by atoms with Crippen molar-refractivity contribution in [3.05, 3.63) is 216 Å². The van der Waals surface area contributed by atoms with E-state index in [1.807, 2.05) is 6.07 Å². The highest BCUT2D eigenvalue weighted by atomic mass is 16.3. The monoisotopic (exact) mass is 653 g/mol. The molecule has 0 N–H and O–H groups in total. The molecule has 2 aliphatic carbocycles. The second-order valence-electron chi connectivity index (χ2n) is 13.6. The van der Waals surface area contributed by atoms with Crippen LogP contribution in [0.1, 0.15) is 35.1 Å². The largest absolute Gasteiger partial charge is 0.456 e. The summed E-state index contributed by atoms with van der Waals surface area (Å²) in [4.78, 5) is 2.39. The fourth-order valence-corrected chi connectivity index (χ4v) is 8.49. The highest BCUT2D eigenvalue weighted by Crippen LogP contribution is 2.56. The van der Waals surface area contributed by atoms with Gasteiger partial charge in [-0.15, -0.1) is 0 Å². The van der Waals surface area contributed by atoms with Crippen LogP contribution >= 0.6 is 0 Å². The molecule has 0 radical (unpaired) electrons. The molecule has 0 spiro atoms. The van der Waals surface area contributed by atoms with Crippen LogP contribution < -0.4 is 4.90 Å². The van der Waals surface area contributed by atoms with Gasteiger partial charge in [0, 0.05) is 27.8 Å². The van der Waals surface area contributed by atoms with E-state index in [9.17, 15) is 0 Å². The summed E-state index contributed by atoms with van der Waals surface area (Å²) in [6, 6.07) is 61.8. The van der Waals surface area contributed by atoms with E-state index in [-0.39, 0.29) is 0 Å². The van der Waals surface area contributed by atoms with Crippen LogP contribution in [0.15, 0.2) is 198 Å². The molecule has 2 heteroatoms. The van der Waals surface area contributed by atoms with Gasteiger partial charge in [-0.3, -0.25) is 0 Å². The van der Waals surface area contributed by atoms with Crippen LogP contribution in [0, 0.1) is 0 Å². The van der Waals surface area contributed by atoms with Crippen molar-refractivity contribution in [1.82, 2.24) is 0 Å². The molecular formula is C49H35NO. The van der Waals surface area contributed by atoms with Gasteiger partial charge in [-0.05, 0) is 99.8 Å². The van der Waals surface area contributed by atoms with E-state index in [1.165, 1.54) is 50.2 Å². The van der Waals surface area contributed by atoms with Gasteiger partial charge in [-0.25, -0.2) is 0 Å². The predicted molar refractivity (Wildman–Crippen MR) is 211 cm³/mol. The van der Waals surface area contributed by atoms with Gasteiger partial charge >= 0.3 is 0 Å². The lowest BCUT2D eigenvalue weighted by Crippen LogP contribution is -2.28. The number of fused-ring (bicyclic) bond motifs is 6. The summed E-state index contributed by atoms with van der Waals surface area (Å²) in [6.07, 6.45) is 9.00. The summed E-state index contributed by atoms with van der Waals surface area (Å²) in [5.74, 6) is 0. The Morgan fingerprint density at radius 3 is 1.76 bits per heavy atom. The number of hydrogen-bond donors (Lipinski definition) is 0. The molecule has 1 aromatic heterocycles. The van der Waals surface area contributed by atoms with Crippen molar-refractivity contribution in [3.63, 3.8) is 0 Å². The van der Waals surface area contributed by atoms with Gasteiger partial charge in [0.2, 0.25) is 0 Å². The van der Waals surface area contributed by atoms with E-state index >= 15 is 0 Å². The third-order valence-electron chi connectivity index (χ3n) is 10.8. The summed E-state index contributed by atoms with van der Waals surface area (Å²) >= 11 is 0. The number of para-hydroxylation sites is 1. The number of furan rings is 1. The van der Waals surface area contributed by atoms with Gasteiger partial charge in [0.1, 0.15) is 11.2 Å². The van der Waals surface area contributed by atoms with Gasteiger partial charge in [0.15, 0.2) is 0 Å². The molecule has 51 heavy (non-hydrogen) atoms. The van der Waals surface area contributed by atoms with Gasteiger partial charge < -0.3 is 9.32 Å². The SMILES string of the molecule is C1=CC(N(c2ccc(-c3ccccc3)cc2)c2ccc(C3(c4ccc5c(c4)oc4ccccc45)c4ccccc4-c4ccccc43)cc2)=CCC1. The van der Waals surface area contributed by atoms with Crippen LogP contribution in [-0.2, 0) is 5.41 Å². The molecule has 0 unspecified atom stereocenters. The molecule has 10 rings (SSSR count). The minimum absolute atomic E-state index is 0.523. The predicted octanol–water partition coefficient (Wildman–Crippen LogP) is 13.0. The topological polar surface area (TPSA) is 16.4 Å². The molecule has 0 saturated carbocycles. The Kier molecular flexibility index (Phi) is 6.89. The first kappa shape index (κ1) is 29.5. The summed E-state index contributed by atoms with van der Waals surface area (Å²) in [7, 11) is 0. The lowest BCUT2D eigenvalue weighted by Gasteiger charge is -2.34. The first-order valence-corrected chi connectivity index (χ1v) is 17.8. The van der Waals surface area contributed by atoms with E-state index in [1.54, 1.807) is 0 Å². The van der Waals surface area contributed by atoms with Crippen molar-refractivity contribution < 1.29 is 4.42 Å². The number of nitrogens with zero attached hydrogens (tertiary/aromatic N) is 1. The Bertz CT molecular complexity index is 2580. The summed E-state index contributed by atoms with van der Waals surface area (Å²) in [5, 5.41) is 2.29. The minimum atomic E-state index is -0.523. The van der Waals surface area contributed by atoms with Gasteiger partial charge in [-0.1, -0.05) is 146 Å². The Balaban J connectivity index is 1.15. The van der Waals surface area contributed by atoms with E-state index in [0.29, 0.717) is 0 Å². The lowest BCUT2D eigenvalue weighted by atomic mass is 9.67. The van der Waals surface area contributed by atoms with E-state index in [4.69, 9.17) is 4.42 Å². The number of anilines is 2. The quantitative estimate of drug-likeness (QED) is 0.178. The lowest BCUT2D eigenvalue weighted by molar-refractivity contribution is 0.665. The highest BCUT2D eigenvalue weighted by Gasteiger charge is 2.46. The zero-order valence-corrected chi connectivity index (χ0v) is 28.2. The number of hydrogen-bond acceptors (Lipinski definition) is 2. The maximum atomic E-state index is 6.49.